The molecule has 0 amide bonds. The normalized spacial score (nSPS) is 12.1. The molecule has 0 saturated heterocycles. The van der Waals surface area contributed by atoms with E-state index in [4.69, 9.17) is 5.11 Å². The third kappa shape index (κ3) is 18.2. The van der Waals surface area contributed by atoms with Crippen LogP contribution in [0.15, 0.2) is 12.2 Å². The summed E-state index contributed by atoms with van der Waals surface area (Å²) >= 11 is 0. The van der Waals surface area contributed by atoms with Crippen LogP contribution in [0.1, 0.15) is 110 Å². The van der Waals surface area contributed by atoms with Crippen LogP contribution in [-0.4, -0.2) is 34.2 Å². The first kappa shape index (κ1) is 27.6. The van der Waals surface area contributed by atoms with Crippen LogP contribution in [0.5, 0.6) is 0 Å². The third-order valence-corrected chi connectivity index (χ3v) is 4.79. The highest BCUT2D eigenvalue weighted by molar-refractivity contribution is 5.96. The van der Waals surface area contributed by atoms with Gasteiger partial charge in [0.2, 0.25) is 0 Å². The van der Waals surface area contributed by atoms with Crippen molar-refractivity contribution >= 4 is 29.1 Å². The fourth-order valence-electron chi connectivity index (χ4n) is 3.10. The molecule has 1 unspecified atom stereocenters. The Morgan fingerprint density at radius 3 is 1.62 bits per heavy atom. The van der Waals surface area contributed by atoms with Gasteiger partial charge in [-0.3, -0.25) is 9.59 Å². The topological polar surface area (TPSA) is 54.4 Å². The number of unbranched alkanes of at least 4 members (excludes halogenated alkanes) is 12. The smallest absolute Gasteiger partial charge is 0.314 e. The van der Waals surface area contributed by atoms with E-state index in [2.05, 4.69) is 19.1 Å². The highest BCUT2D eigenvalue weighted by Crippen LogP contribution is 2.14. The maximum absolute atomic E-state index is 11.2. The molecule has 0 rings (SSSR count). The molecule has 0 saturated carbocycles. The molecule has 0 aromatic carbocycles. The first-order valence-electron chi connectivity index (χ1n) is 10.5. The van der Waals surface area contributed by atoms with Gasteiger partial charge in [0.1, 0.15) is 11.7 Å². The minimum atomic E-state index is -0.972. The molecule has 0 radical (unpaired) electrons. The van der Waals surface area contributed by atoms with Gasteiger partial charge in [-0.05, 0) is 39.0 Å². The predicted molar refractivity (Wildman–Crippen MR) is 116 cm³/mol. The van der Waals surface area contributed by atoms with Crippen LogP contribution in [0.3, 0.4) is 0 Å². The number of carboxylic acids is 1. The number of hydrogen-bond acceptors (Lipinski definition) is 2. The fourth-order valence-corrected chi connectivity index (χ4v) is 3.10. The van der Waals surface area contributed by atoms with Crippen LogP contribution in [-0.2, 0) is 9.59 Å². The van der Waals surface area contributed by atoms with Crippen molar-refractivity contribution in [2.75, 3.05) is 0 Å². The second kappa shape index (κ2) is 20.7. The van der Waals surface area contributed by atoms with Gasteiger partial charge in [-0.25, -0.2) is 0 Å². The lowest BCUT2D eigenvalue weighted by Gasteiger charge is -2.07. The Morgan fingerprint density at radius 2 is 1.19 bits per heavy atom. The van der Waals surface area contributed by atoms with E-state index in [9.17, 15) is 9.59 Å². The van der Waals surface area contributed by atoms with Crippen molar-refractivity contribution in [3.05, 3.63) is 12.2 Å². The lowest BCUT2D eigenvalue weighted by molar-refractivity contribution is -0.146. The third-order valence-electron chi connectivity index (χ3n) is 4.79. The molecule has 26 heavy (non-hydrogen) atoms. The average molecular weight is 383 g/mol. The van der Waals surface area contributed by atoms with Gasteiger partial charge in [0.25, 0.3) is 0 Å². The molecule has 1 atom stereocenters. The molecule has 152 valence electrons. The van der Waals surface area contributed by atoms with Gasteiger partial charge in [-0.15, -0.1) is 0 Å². The summed E-state index contributed by atoms with van der Waals surface area (Å²) in [6.45, 7) is 3.63. The van der Waals surface area contributed by atoms with E-state index in [1.54, 1.807) is 0 Å². The van der Waals surface area contributed by atoms with E-state index in [1.165, 1.54) is 77.6 Å². The Balaban J connectivity index is 0. The Morgan fingerprint density at radius 1 is 0.769 bits per heavy atom. The number of rotatable bonds is 18. The lowest BCUT2D eigenvalue weighted by atomic mass is 9.97. The zero-order valence-electron chi connectivity index (χ0n) is 16.6. The highest BCUT2D eigenvalue weighted by Gasteiger charge is 2.21. The molecule has 0 aromatic rings. The molecule has 0 bridgehead atoms. The van der Waals surface area contributed by atoms with Crippen molar-refractivity contribution in [1.82, 2.24) is 0 Å². The summed E-state index contributed by atoms with van der Waals surface area (Å²) in [6, 6.07) is 0. The van der Waals surface area contributed by atoms with Crippen molar-refractivity contribution in [3.8, 4) is 0 Å². The number of allylic oxidation sites excluding steroid dienone is 2. The van der Waals surface area contributed by atoms with Gasteiger partial charge in [0, 0.05) is 0 Å². The van der Waals surface area contributed by atoms with Crippen LogP contribution >= 0.6 is 0 Å². The van der Waals surface area contributed by atoms with E-state index in [0.29, 0.717) is 6.42 Å². The SMILES string of the molecule is CCCCCCCCC=CCCCCCCCCC(C(C)=O)C(=O)O.[AlH3]. The Bertz CT molecular complexity index is 352. The van der Waals surface area contributed by atoms with Gasteiger partial charge in [0.05, 0.1) is 0 Å². The number of ketones is 1. The monoisotopic (exact) mass is 382 g/mol. The van der Waals surface area contributed by atoms with Crippen LogP contribution < -0.4 is 0 Å². The average Bonchev–Trinajstić information content (AvgIpc) is 2.57. The van der Waals surface area contributed by atoms with Crippen LogP contribution in [0.25, 0.3) is 0 Å². The summed E-state index contributed by atoms with van der Waals surface area (Å²) in [7, 11) is 0. The minimum absolute atomic E-state index is 0. The number of hydrogen-bond donors (Lipinski definition) is 1. The van der Waals surface area contributed by atoms with Crippen LogP contribution in [0.4, 0.5) is 0 Å². The number of carbonyl (C=O) groups is 2. The van der Waals surface area contributed by atoms with E-state index >= 15 is 0 Å². The summed E-state index contributed by atoms with van der Waals surface area (Å²) in [6.07, 6.45) is 22.5. The van der Waals surface area contributed by atoms with E-state index < -0.39 is 11.9 Å². The van der Waals surface area contributed by atoms with Crippen LogP contribution in [0, 0.1) is 5.92 Å². The summed E-state index contributed by atoms with van der Waals surface area (Å²) in [5.41, 5.74) is 0. The van der Waals surface area contributed by atoms with Gasteiger partial charge >= 0.3 is 5.97 Å². The number of carboxylic acid groups (broad SMARTS) is 1. The summed E-state index contributed by atoms with van der Waals surface area (Å²) in [5, 5.41) is 8.94. The Hall–Kier alpha value is -0.588. The second-order valence-corrected chi connectivity index (χ2v) is 7.23. The predicted octanol–water partition coefficient (Wildman–Crippen LogP) is 5.52. The zero-order valence-corrected chi connectivity index (χ0v) is 16.6. The molecular formula is C22H43AlO3. The maximum atomic E-state index is 11.2. The van der Waals surface area contributed by atoms with E-state index in [0.717, 1.165) is 19.3 Å². The molecule has 0 aliphatic heterocycles. The van der Waals surface area contributed by atoms with Gasteiger partial charge < -0.3 is 5.11 Å². The first-order chi connectivity index (χ1) is 12.1. The van der Waals surface area contributed by atoms with Crippen molar-refractivity contribution in [1.29, 1.82) is 0 Å². The van der Waals surface area contributed by atoms with Crippen molar-refractivity contribution in [2.45, 2.75) is 110 Å². The summed E-state index contributed by atoms with van der Waals surface area (Å²) in [4.78, 5) is 22.1. The highest BCUT2D eigenvalue weighted by atomic mass is 27.0. The summed E-state index contributed by atoms with van der Waals surface area (Å²) in [5.74, 6) is -1.99. The molecule has 0 fully saturated rings. The van der Waals surface area contributed by atoms with Crippen LogP contribution in [0.2, 0.25) is 0 Å². The molecule has 3 nitrogen and oxygen atoms in total. The lowest BCUT2D eigenvalue weighted by Crippen LogP contribution is -2.21. The maximum Gasteiger partial charge on any atom is 0.314 e. The van der Waals surface area contributed by atoms with Crippen molar-refractivity contribution in [2.24, 2.45) is 5.92 Å². The first-order valence-corrected chi connectivity index (χ1v) is 10.5. The molecule has 4 heteroatoms. The Labute approximate surface area is 172 Å². The summed E-state index contributed by atoms with van der Waals surface area (Å²) < 4.78 is 0. The molecule has 1 N–H and O–H groups in total. The Kier molecular flexibility index (Phi) is 22.0. The number of aliphatic carboxylic acids is 1. The standard InChI is InChI=1S/C22H40O3.Al.3H/c1-3-4-5-6-7-8-9-10-11-12-13-14-15-16-17-18-19-21(20(2)23)22(24)25;;;;/h10-11,21H,3-9,12-19H2,1-2H3,(H,24,25);;;;. The largest absolute Gasteiger partial charge is 0.481 e. The number of carbonyl (C=O) groups excluding carboxylic acids is 1. The van der Waals surface area contributed by atoms with Crippen molar-refractivity contribution in [3.63, 3.8) is 0 Å². The molecule has 0 heterocycles. The molecule has 0 aromatic heterocycles. The van der Waals surface area contributed by atoms with Gasteiger partial charge in [-0.1, -0.05) is 83.3 Å². The van der Waals surface area contributed by atoms with Gasteiger partial charge in [0.15, 0.2) is 17.4 Å². The molecule has 0 aliphatic carbocycles. The fraction of sp³-hybridized carbons (Fsp3) is 0.818. The van der Waals surface area contributed by atoms with Crippen molar-refractivity contribution < 1.29 is 14.7 Å². The quantitative estimate of drug-likeness (QED) is 0.147. The molecule has 0 spiro atoms. The number of Topliss-reactive ketones (excluding diaryl/α,β-unsaturated/α-hetero) is 1. The minimum Gasteiger partial charge on any atom is -0.481 e. The van der Waals surface area contributed by atoms with Gasteiger partial charge in [-0.2, -0.15) is 0 Å². The second-order valence-electron chi connectivity index (χ2n) is 7.23. The molecular weight excluding hydrogens is 339 g/mol. The van der Waals surface area contributed by atoms with E-state index in [-0.39, 0.29) is 23.1 Å². The van der Waals surface area contributed by atoms with E-state index in [1.807, 2.05) is 0 Å². The zero-order chi connectivity index (χ0) is 18.8. The molecule has 0 aliphatic rings.